The molecular weight excluding hydrogens is 330 g/mol. The van der Waals surface area contributed by atoms with Gasteiger partial charge in [0.05, 0.1) is 10.3 Å². The van der Waals surface area contributed by atoms with E-state index in [1.807, 2.05) is 11.8 Å². The first-order valence-electron chi connectivity index (χ1n) is 6.01. The number of hydrogen-bond donors (Lipinski definition) is 2. The van der Waals surface area contributed by atoms with E-state index >= 15 is 0 Å². The molecule has 0 aliphatic heterocycles. The highest BCUT2D eigenvalue weighted by Gasteiger charge is 1.99. The molecule has 3 nitrogen and oxygen atoms in total. The third kappa shape index (κ3) is 6.66. The third-order valence-electron chi connectivity index (χ3n) is 2.20. The molecule has 0 fully saturated rings. The highest BCUT2D eigenvalue weighted by atomic mass is 79.9. The molecule has 0 saturated heterocycles. The molecular formula is C12H20BrN3S2. The van der Waals surface area contributed by atoms with Crippen molar-refractivity contribution in [1.82, 2.24) is 10.6 Å². The van der Waals surface area contributed by atoms with E-state index in [0.29, 0.717) is 0 Å². The van der Waals surface area contributed by atoms with Crippen molar-refractivity contribution in [3.05, 3.63) is 20.8 Å². The van der Waals surface area contributed by atoms with Crippen LogP contribution < -0.4 is 10.6 Å². The summed E-state index contributed by atoms with van der Waals surface area (Å²) in [4.78, 5) is 5.89. The molecule has 1 aromatic rings. The molecule has 0 unspecified atom stereocenters. The van der Waals surface area contributed by atoms with E-state index in [2.05, 4.69) is 56.9 Å². The molecule has 0 aliphatic carbocycles. The van der Waals surface area contributed by atoms with Crippen LogP contribution in [0.5, 0.6) is 0 Å². The number of guanidine groups is 1. The van der Waals surface area contributed by atoms with E-state index in [1.54, 1.807) is 11.3 Å². The van der Waals surface area contributed by atoms with Crippen LogP contribution in [-0.4, -0.2) is 37.6 Å². The Morgan fingerprint density at radius 1 is 1.44 bits per heavy atom. The Hall–Kier alpha value is -0.200. The molecule has 2 N–H and O–H groups in total. The Morgan fingerprint density at radius 2 is 2.28 bits per heavy atom. The van der Waals surface area contributed by atoms with E-state index in [4.69, 9.17) is 0 Å². The van der Waals surface area contributed by atoms with Crippen LogP contribution in [0.15, 0.2) is 20.9 Å². The van der Waals surface area contributed by atoms with Crippen LogP contribution in [0.2, 0.25) is 0 Å². The average Bonchev–Trinajstić information content (AvgIpc) is 2.75. The van der Waals surface area contributed by atoms with Gasteiger partial charge in [-0.05, 0) is 47.7 Å². The van der Waals surface area contributed by atoms with Crippen LogP contribution in [-0.2, 0) is 6.42 Å². The van der Waals surface area contributed by atoms with Crippen LogP contribution in [0.3, 0.4) is 0 Å². The van der Waals surface area contributed by atoms with Gasteiger partial charge in [-0.15, -0.1) is 11.3 Å². The van der Waals surface area contributed by atoms with Crippen LogP contribution >= 0.6 is 39.0 Å². The zero-order chi connectivity index (χ0) is 13.2. The maximum atomic E-state index is 4.51. The highest BCUT2D eigenvalue weighted by Crippen LogP contribution is 2.21. The van der Waals surface area contributed by atoms with Crippen molar-refractivity contribution >= 4 is 45.0 Å². The van der Waals surface area contributed by atoms with Gasteiger partial charge >= 0.3 is 0 Å². The molecule has 0 spiro atoms. The number of halogens is 1. The SMILES string of the molecule is CCNC(=NCCSC)NCCc1ccc(Br)s1. The minimum absolute atomic E-state index is 0.862. The Bertz CT molecular complexity index is 366. The zero-order valence-electron chi connectivity index (χ0n) is 10.8. The summed E-state index contributed by atoms with van der Waals surface area (Å²) < 4.78 is 1.19. The Morgan fingerprint density at radius 3 is 2.89 bits per heavy atom. The second-order valence-corrected chi connectivity index (χ2v) is 7.17. The number of rotatable bonds is 7. The minimum atomic E-state index is 0.862. The molecule has 0 aromatic carbocycles. The Balaban J connectivity index is 2.30. The Kier molecular flexibility index (Phi) is 8.54. The molecule has 102 valence electrons. The van der Waals surface area contributed by atoms with Gasteiger partial charge in [0.25, 0.3) is 0 Å². The lowest BCUT2D eigenvalue weighted by Gasteiger charge is -2.10. The molecule has 0 bridgehead atoms. The van der Waals surface area contributed by atoms with Crippen molar-refractivity contribution in [2.24, 2.45) is 4.99 Å². The molecule has 0 radical (unpaired) electrons. The molecule has 0 aliphatic rings. The number of hydrogen-bond acceptors (Lipinski definition) is 3. The van der Waals surface area contributed by atoms with Crippen LogP contribution in [0, 0.1) is 0 Å². The standard InChI is InChI=1S/C12H20BrN3S2/c1-3-14-12(16-8-9-17-2)15-7-6-10-4-5-11(13)18-10/h4-5H,3,6-9H2,1-2H3,(H2,14,15,16). The number of thiophene rings is 1. The average molecular weight is 350 g/mol. The summed E-state index contributed by atoms with van der Waals surface area (Å²) in [5.74, 6) is 1.98. The molecule has 0 saturated carbocycles. The fraction of sp³-hybridized carbons (Fsp3) is 0.583. The minimum Gasteiger partial charge on any atom is -0.357 e. The molecule has 1 rings (SSSR count). The second kappa shape index (κ2) is 9.69. The number of thioether (sulfide) groups is 1. The lowest BCUT2D eigenvalue weighted by Crippen LogP contribution is -2.38. The van der Waals surface area contributed by atoms with Crippen molar-refractivity contribution in [1.29, 1.82) is 0 Å². The van der Waals surface area contributed by atoms with Gasteiger partial charge in [-0.2, -0.15) is 11.8 Å². The van der Waals surface area contributed by atoms with Gasteiger partial charge in [-0.1, -0.05) is 0 Å². The molecule has 18 heavy (non-hydrogen) atoms. The maximum absolute atomic E-state index is 4.51. The van der Waals surface area contributed by atoms with E-state index in [-0.39, 0.29) is 0 Å². The van der Waals surface area contributed by atoms with E-state index in [0.717, 1.165) is 37.8 Å². The lowest BCUT2D eigenvalue weighted by molar-refractivity contribution is 0.809. The van der Waals surface area contributed by atoms with Gasteiger partial charge in [0, 0.05) is 23.7 Å². The summed E-state index contributed by atoms with van der Waals surface area (Å²) in [7, 11) is 0. The number of nitrogens with one attached hydrogen (secondary N) is 2. The van der Waals surface area contributed by atoms with Crippen LogP contribution in [0.25, 0.3) is 0 Å². The monoisotopic (exact) mass is 349 g/mol. The topological polar surface area (TPSA) is 36.4 Å². The second-order valence-electron chi connectivity index (χ2n) is 3.64. The smallest absolute Gasteiger partial charge is 0.191 e. The quantitative estimate of drug-likeness (QED) is 0.451. The van der Waals surface area contributed by atoms with Gasteiger partial charge in [0.15, 0.2) is 5.96 Å². The molecule has 0 atom stereocenters. The van der Waals surface area contributed by atoms with Gasteiger partial charge in [-0.25, -0.2) is 0 Å². The van der Waals surface area contributed by atoms with E-state index in [1.165, 1.54) is 8.66 Å². The summed E-state index contributed by atoms with van der Waals surface area (Å²) in [5.41, 5.74) is 0. The first kappa shape index (κ1) is 15.9. The summed E-state index contributed by atoms with van der Waals surface area (Å²) in [5, 5.41) is 6.62. The van der Waals surface area contributed by atoms with E-state index < -0.39 is 0 Å². The molecule has 1 heterocycles. The highest BCUT2D eigenvalue weighted by molar-refractivity contribution is 9.11. The lowest BCUT2D eigenvalue weighted by atomic mass is 10.3. The number of nitrogens with zero attached hydrogens (tertiary/aromatic N) is 1. The zero-order valence-corrected chi connectivity index (χ0v) is 14.1. The first-order valence-corrected chi connectivity index (χ1v) is 9.02. The van der Waals surface area contributed by atoms with Gasteiger partial charge < -0.3 is 10.6 Å². The number of aliphatic imine (C=N–C) groups is 1. The van der Waals surface area contributed by atoms with Crippen LogP contribution in [0.1, 0.15) is 11.8 Å². The predicted octanol–water partition coefficient (Wildman–Crippen LogP) is 2.97. The first-order chi connectivity index (χ1) is 8.76. The Labute approximate surface area is 126 Å². The fourth-order valence-corrected chi connectivity index (χ4v) is 3.14. The summed E-state index contributed by atoms with van der Waals surface area (Å²) in [6.45, 7) is 4.76. The molecule has 0 amide bonds. The summed E-state index contributed by atoms with van der Waals surface area (Å²) in [6, 6.07) is 4.26. The van der Waals surface area contributed by atoms with Gasteiger partial charge in [-0.3, -0.25) is 4.99 Å². The van der Waals surface area contributed by atoms with Crippen LogP contribution in [0.4, 0.5) is 0 Å². The predicted molar refractivity (Wildman–Crippen MR) is 88.1 cm³/mol. The summed E-state index contributed by atoms with van der Waals surface area (Å²) >= 11 is 7.09. The third-order valence-corrected chi connectivity index (χ3v) is 4.48. The normalized spacial score (nSPS) is 11.6. The fourth-order valence-electron chi connectivity index (χ4n) is 1.38. The summed E-state index contributed by atoms with van der Waals surface area (Å²) in [6.07, 6.45) is 3.13. The van der Waals surface area contributed by atoms with Crippen molar-refractivity contribution in [3.63, 3.8) is 0 Å². The largest absolute Gasteiger partial charge is 0.357 e. The van der Waals surface area contributed by atoms with Crippen molar-refractivity contribution < 1.29 is 0 Å². The van der Waals surface area contributed by atoms with Gasteiger partial charge in [0.2, 0.25) is 0 Å². The van der Waals surface area contributed by atoms with E-state index in [9.17, 15) is 0 Å². The van der Waals surface area contributed by atoms with Gasteiger partial charge in [0.1, 0.15) is 0 Å². The van der Waals surface area contributed by atoms with Crippen molar-refractivity contribution in [2.45, 2.75) is 13.3 Å². The van der Waals surface area contributed by atoms with Crippen molar-refractivity contribution in [3.8, 4) is 0 Å². The maximum Gasteiger partial charge on any atom is 0.191 e. The molecule has 6 heteroatoms. The van der Waals surface area contributed by atoms with Crippen molar-refractivity contribution in [2.75, 3.05) is 31.6 Å². The molecule has 1 aromatic heterocycles.